The molecular formula is C15H14BrF2N. The second-order valence-corrected chi connectivity index (χ2v) is 5.44. The average molecular weight is 326 g/mol. The molecule has 19 heavy (non-hydrogen) atoms. The fourth-order valence-electron chi connectivity index (χ4n) is 2.00. The van der Waals surface area contributed by atoms with Gasteiger partial charge < -0.3 is 5.32 Å². The summed E-state index contributed by atoms with van der Waals surface area (Å²) in [4.78, 5) is 0. The summed E-state index contributed by atoms with van der Waals surface area (Å²) in [7, 11) is 0. The Balaban J connectivity index is 2.25. The van der Waals surface area contributed by atoms with Crippen LogP contribution in [-0.4, -0.2) is 0 Å². The SMILES string of the molecule is Cc1cc(Br)cc(NC(C)c2cccc(F)c2F)c1. The molecule has 2 rings (SSSR count). The Bertz CT molecular complexity index is 578. The molecule has 0 aromatic heterocycles. The zero-order valence-electron chi connectivity index (χ0n) is 10.7. The van der Waals surface area contributed by atoms with Gasteiger partial charge in [0, 0.05) is 15.7 Å². The molecule has 2 aromatic carbocycles. The maximum absolute atomic E-state index is 13.7. The number of halogens is 3. The Morgan fingerprint density at radius 1 is 1.16 bits per heavy atom. The van der Waals surface area contributed by atoms with E-state index in [2.05, 4.69) is 21.2 Å². The third kappa shape index (κ3) is 3.32. The molecule has 1 atom stereocenters. The maximum atomic E-state index is 13.7. The first kappa shape index (κ1) is 14.0. The van der Waals surface area contributed by atoms with Gasteiger partial charge in [0.1, 0.15) is 0 Å². The minimum Gasteiger partial charge on any atom is -0.378 e. The summed E-state index contributed by atoms with van der Waals surface area (Å²) in [5, 5.41) is 3.17. The third-order valence-corrected chi connectivity index (χ3v) is 3.33. The lowest BCUT2D eigenvalue weighted by Gasteiger charge is -2.17. The molecular weight excluding hydrogens is 312 g/mol. The van der Waals surface area contributed by atoms with Gasteiger partial charge in [-0.15, -0.1) is 0 Å². The Hall–Kier alpha value is -1.42. The highest BCUT2D eigenvalue weighted by Crippen LogP contribution is 2.25. The van der Waals surface area contributed by atoms with Gasteiger partial charge in [0.2, 0.25) is 0 Å². The fraction of sp³-hybridized carbons (Fsp3) is 0.200. The molecule has 0 aliphatic rings. The van der Waals surface area contributed by atoms with Crippen LogP contribution >= 0.6 is 15.9 Å². The molecule has 0 aliphatic heterocycles. The van der Waals surface area contributed by atoms with Crippen LogP contribution in [0, 0.1) is 18.6 Å². The zero-order valence-corrected chi connectivity index (χ0v) is 12.3. The first-order chi connectivity index (χ1) is 8.97. The molecule has 0 fully saturated rings. The van der Waals surface area contributed by atoms with E-state index in [4.69, 9.17) is 0 Å². The number of nitrogens with one attached hydrogen (secondary N) is 1. The Labute approximate surface area is 119 Å². The average Bonchev–Trinajstić information content (AvgIpc) is 2.31. The van der Waals surface area contributed by atoms with Gasteiger partial charge >= 0.3 is 0 Å². The molecule has 0 bridgehead atoms. The molecule has 0 spiro atoms. The molecule has 1 unspecified atom stereocenters. The summed E-state index contributed by atoms with van der Waals surface area (Å²) < 4.78 is 27.8. The number of rotatable bonds is 3. The van der Waals surface area contributed by atoms with E-state index in [9.17, 15) is 8.78 Å². The lowest BCUT2D eigenvalue weighted by atomic mass is 10.1. The van der Waals surface area contributed by atoms with Crippen LogP contribution in [0.4, 0.5) is 14.5 Å². The summed E-state index contributed by atoms with van der Waals surface area (Å²) in [6, 6.07) is 9.75. The van der Waals surface area contributed by atoms with E-state index in [1.165, 1.54) is 6.07 Å². The van der Waals surface area contributed by atoms with Gasteiger partial charge in [0.15, 0.2) is 11.6 Å². The van der Waals surface area contributed by atoms with E-state index in [1.54, 1.807) is 13.0 Å². The topological polar surface area (TPSA) is 12.0 Å². The third-order valence-electron chi connectivity index (χ3n) is 2.87. The highest BCUT2D eigenvalue weighted by Gasteiger charge is 2.14. The standard InChI is InChI=1S/C15H14BrF2N/c1-9-6-11(16)8-12(7-9)19-10(2)13-4-3-5-14(17)15(13)18/h3-8,10,19H,1-2H3. The molecule has 0 saturated carbocycles. The molecule has 0 amide bonds. The van der Waals surface area contributed by atoms with Crippen LogP contribution in [0.1, 0.15) is 24.1 Å². The van der Waals surface area contributed by atoms with E-state index >= 15 is 0 Å². The van der Waals surface area contributed by atoms with Crippen LogP contribution in [0.3, 0.4) is 0 Å². The first-order valence-electron chi connectivity index (χ1n) is 5.95. The van der Waals surface area contributed by atoms with Crippen molar-refractivity contribution < 1.29 is 8.78 Å². The maximum Gasteiger partial charge on any atom is 0.164 e. The highest BCUT2D eigenvalue weighted by molar-refractivity contribution is 9.10. The minimum atomic E-state index is -0.823. The van der Waals surface area contributed by atoms with E-state index in [0.717, 1.165) is 21.8 Å². The Morgan fingerprint density at radius 2 is 1.89 bits per heavy atom. The molecule has 1 nitrogen and oxygen atoms in total. The van der Waals surface area contributed by atoms with Gasteiger partial charge in [-0.05, 0) is 43.7 Å². The van der Waals surface area contributed by atoms with Crippen molar-refractivity contribution in [1.29, 1.82) is 0 Å². The molecule has 2 aromatic rings. The molecule has 0 radical (unpaired) electrons. The largest absolute Gasteiger partial charge is 0.378 e. The smallest absolute Gasteiger partial charge is 0.164 e. The van der Waals surface area contributed by atoms with Gasteiger partial charge in [-0.25, -0.2) is 8.78 Å². The number of hydrogen-bond donors (Lipinski definition) is 1. The van der Waals surface area contributed by atoms with Crippen molar-refractivity contribution in [3.05, 3.63) is 63.6 Å². The van der Waals surface area contributed by atoms with Crippen LogP contribution in [0.15, 0.2) is 40.9 Å². The van der Waals surface area contributed by atoms with Crippen molar-refractivity contribution in [3.8, 4) is 0 Å². The van der Waals surface area contributed by atoms with Gasteiger partial charge in [-0.1, -0.05) is 28.1 Å². The predicted molar refractivity (Wildman–Crippen MR) is 77.3 cm³/mol. The van der Waals surface area contributed by atoms with Crippen LogP contribution in [0.25, 0.3) is 0 Å². The van der Waals surface area contributed by atoms with Crippen LogP contribution < -0.4 is 5.32 Å². The van der Waals surface area contributed by atoms with Crippen LogP contribution in [-0.2, 0) is 0 Å². The first-order valence-corrected chi connectivity index (χ1v) is 6.74. The van der Waals surface area contributed by atoms with E-state index < -0.39 is 11.6 Å². The van der Waals surface area contributed by atoms with Crippen molar-refractivity contribution in [3.63, 3.8) is 0 Å². The summed E-state index contributed by atoms with van der Waals surface area (Å²) >= 11 is 3.41. The quantitative estimate of drug-likeness (QED) is 0.816. The lowest BCUT2D eigenvalue weighted by Crippen LogP contribution is -2.09. The predicted octanol–water partition coefficient (Wildman–Crippen LogP) is 5.21. The Morgan fingerprint density at radius 3 is 2.58 bits per heavy atom. The number of aryl methyl sites for hydroxylation is 1. The van der Waals surface area contributed by atoms with Gasteiger partial charge in [0.05, 0.1) is 6.04 Å². The second-order valence-electron chi connectivity index (χ2n) is 4.53. The van der Waals surface area contributed by atoms with Crippen LogP contribution in [0.2, 0.25) is 0 Å². The summed E-state index contributed by atoms with van der Waals surface area (Å²) in [6.07, 6.45) is 0. The number of benzene rings is 2. The highest BCUT2D eigenvalue weighted by atomic mass is 79.9. The number of anilines is 1. The van der Waals surface area contributed by atoms with Crippen molar-refractivity contribution in [2.45, 2.75) is 19.9 Å². The van der Waals surface area contributed by atoms with Crippen molar-refractivity contribution in [2.24, 2.45) is 0 Å². The van der Waals surface area contributed by atoms with Gasteiger partial charge in [-0.3, -0.25) is 0 Å². The monoisotopic (exact) mass is 325 g/mol. The van der Waals surface area contributed by atoms with E-state index in [1.807, 2.05) is 25.1 Å². The molecule has 100 valence electrons. The summed E-state index contributed by atoms with van der Waals surface area (Å²) in [6.45, 7) is 3.78. The molecule has 0 heterocycles. The molecule has 0 aliphatic carbocycles. The lowest BCUT2D eigenvalue weighted by molar-refractivity contribution is 0.494. The zero-order chi connectivity index (χ0) is 14.0. The minimum absolute atomic E-state index is 0.315. The summed E-state index contributed by atoms with van der Waals surface area (Å²) in [5.41, 5.74) is 2.27. The molecule has 1 N–H and O–H groups in total. The van der Waals surface area contributed by atoms with E-state index in [-0.39, 0.29) is 6.04 Å². The van der Waals surface area contributed by atoms with Crippen molar-refractivity contribution in [1.82, 2.24) is 0 Å². The Kier molecular flexibility index (Phi) is 4.20. The van der Waals surface area contributed by atoms with E-state index in [0.29, 0.717) is 5.56 Å². The molecule has 4 heteroatoms. The number of hydrogen-bond acceptors (Lipinski definition) is 1. The van der Waals surface area contributed by atoms with Crippen molar-refractivity contribution >= 4 is 21.6 Å². The van der Waals surface area contributed by atoms with Crippen molar-refractivity contribution in [2.75, 3.05) is 5.32 Å². The van der Waals surface area contributed by atoms with Crippen LogP contribution in [0.5, 0.6) is 0 Å². The normalized spacial score (nSPS) is 12.3. The summed E-state index contributed by atoms with van der Waals surface area (Å²) in [5.74, 6) is -1.62. The molecule has 0 saturated heterocycles. The van der Waals surface area contributed by atoms with Gasteiger partial charge in [0.25, 0.3) is 0 Å². The van der Waals surface area contributed by atoms with Gasteiger partial charge in [-0.2, -0.15) is 0 Å². The second kappa shape index (κ2) is 5.70. The fourth-order valence-corrected chi connectivity index (χ4v) is 2.61.